The Hall–Kier alpha value is -2.53. The summed E-state index contributed by atoms with van der Waals surface area (Å²) in [7, 11) is 5.37. The number of nitrogens with one attached hydrogen (secondary N) is 1. The number of ether oxygens (including phenoxy) is 1. The lowest BCUT2D eigenvalue weighted by atomic mass is 9.85. The van der Waals surface area contributed by atoms with Gasteiger partial charge in [0.1, 0.15) is 11.3 Å². The van der Waals surface area contributed by atoms with E-state index in [1.807, 2.05) is 62.6 Å². The van der Waals surface area contributed by atoms with Crippen molar-refractivity contribution in [3.05, 3.63) is 60.2 Å². The number of hydrogen-bond donors (Lipinski definition) is 1. The molecule has 2 aromatic rings. The number of likely N-dealkylation sites (N-methyl/N-ethyl adjacent to an activating group) is 1. The van der Waals surface area contributed by atoms with Crippen LogP contribution in [0.25, 0.3) is 0 Å². The molecule has 0 spiro atoms. The zero-order valence-electron chi connectivity index (χ0n) is 16.4. The summed E-state index contributed by atoms with van der Waals surface area (Å²) in [5.74, 6) is 1.06. The van der Waals surface area contributed by atoms with Crippen LogP contribution in [0.15, 0.2) is 54.6 Å². The number of hydrogen-bond acceptors (Lipinski definition) is 4. The van der Waals surface area contributed by atoms with E-state index in [4.69, 9.17) is 4.74 Å². The molecule has 144 valence electrons. The zero-order chi connectivity index (χ0) is 19.3. The molecule has 0 bridgehead atoms. The fourth-order valence-corrected chi connectivity index (χ4v) is 3.79. The normalized spacial score (nSPS) is 16.6. The molecular weight excluding hydrogens is 338 g/mol. The molecule has 1 heterocycles. The quantitative estimate of drug-likeness (QED) is 0.851. The molecule has 3 rings (SSSR count). The number of piperidine rings is 1. The molecule has 0 aliphatic carbocycles. The summed E-state index contributed by atoms with van der Waals surface area (Å²) in [6.45, 7) is 2.55. The molecule has 0 radical (unpaired) electrons. The summed E-state index contributed by atoms with van der Waals surface area (Å²) in [4.78, 5) is 17.1. The summed E-state index contributed by atoms with van der Waals surface area (Å²) in [6.07, 6.45) is 1.54. The highest BCUT2D eigenvalue weighted by atomic mass is 16.5. The Bertz CT molecular complexity index is 753. The number of rotatable bonds is 6. The first kappa shape index (κ1) is 19.2. The highest BCUT2D eigenvalue weighted by molar-refractivity contribution is 5.89. The molecule has 1 amide bonds. The number of carbonyl (C=O) groups excluding carboxylic acids is 1. The summed E-state index contributed by atoms with van der Waals surface area (Å²) < 4.78 is 5.48. The van der Waals surface area contributed by atoms with E-state index >= 15 is 0 Å². The van der Waals surface area contributed by atoms with E-state index in [2.05, 4.69) is 16.3 Å². The number of anilines is 1. The van der Waals surface area contributed by atoms with Crippen LogP contribution in [0.3, 0.4) is 0 Å². The SMILES string of the molecule is COc1ccccc1CN1CCC(Nc2ccccc2)(C(=O)N(C)C)CC1. The van der Waals surface area contributed by atoms with Gasteiger partial charge in [0.05, 0.1) is 7.11 Å². The number of para-hydroxylation sites is 2. The van der Waals surface area contributed by atoms with Crippen molar-refractivity contribution in [3.8, 4) is 5.75 Å². The van der Waals surface area contributed by atoms with Gasteiger partial charge >= 0.3 is 0 Å². The maximum absolute atomic E-state index is 13.0. The zero-order valence-corrected chi connectivity index (χ0v) is 16.4. The van der Waals surface area contributed by atoms with Gasteiger partial charge in [-0.15, -0.1) is 0 Å². The minimum atomic E-state index is -0.553. The Balaban J connectivity index is 1.72. The van der Waals surface area contributed by atoms with Crippen molar-refractivity contribution in [2.75, 3.05) is 39.6 Å². The molecule has 0 aromatic heterocycles. The smallest absolute Gasteiger partial charge is 0.247 e. The van der Waals surface area contributed by atoms with Crippen LogP contribution in [0.5, 0.6) is 5.75 Å². The van der Waals surface area contributed by atoms with Crippen molar-refractivity contribution in [1.82, 2.24) is 9.80 Å². The standard InChI is InChI=1S/C22H29N3O2/c1-24(2)21(26)22(23-19-10-5-4-6-11-19)13-15-25(16-14-22)17-18-9-7-8-12-20(18)27-3/h4-12,23H,13-17H2,1-3H3. The van der Waals surface area contributed by atoms with Crippen LogP contribution in [0.4, 0.5) is 5.69 Å². The fraction of sp³-hybridized carbons (Fsp3) is 0.409. The van der Waals surface area contributed by atoms with Crippen LogP contribution in [0.1, 0.15) is 18.4 Å². The van der Waals surface area contributed by atoms with Crippen LogP contribution in [0.2, 0.25) is 0 Å². The van der Waals surface area contributed by atoms with Crippen LogP contribution in [0, 0.1) is 0 Å². The Kier molecular flexibility index (Phi) is 6.01. The number of carbonyl (C=O) groups is 1. The average Bonchev–Trinajstić information content (AvgIpc) is 2.70. The molecule has 27 heavy (non-hydrogen) atoms. The molecule has 2 aromatic carbocycles. The molecule has 0 saturated carbocycles. The van der Waals surface area contributed by atoms with Crippen LogP contribution in [-0.4, -0.2) is 55.5 Å². The first-order chi connectivity index (χ1) is 13.0. The first-order valence-electron chi connectivity index (χ1n) is 9.43. The highest BCUT2D eigenvalue weighted by Gasteiger charge is 2.42. The lowest BCUT2D eigenvalue weighted by Crippen LogP contribution is -2.57. The lowest BCUT2D eigenvalue weighted by Gasteiger charge is -2.43. The Morgan fingerprint density at radius 2 is 1.70 bits per heavy atom. The molecular formula is C22H29N3O2. The summed E-state index contributed by atoms with van der Waals surface area (Å²) in [5.41, 5.74) is 1.62. The van der Waals surface area contributed by atoms with Crippen molar-refractivity contribution in [1.29, 1.82) is 0 Å². The fourth-order valence-electron chi connectivity index (χ4n) is 3.79. The van der Waals surface area contributed by atoms with Crippen LogP contribution in [-0.2, 0) is 11.3 Å². The molecule has 0 unspecified atom stereocenters. The molecule has 5 nitrogen and oxygen atoms in total. The molecule has 1 saturated heterocycles. The third-order valence-corrected chi connectivity index (χ3v) is 5.27. The molecule has 1 fully saturated rings. The Morgan fingerprint density at radius 1 is 1.07 bits per heavy atom. The van der Waals surface area contributed by atoms with Gasteiger partial charge in [0, 0.05) is 45.0 Å². The summed E-state index contributed by atoms with van der Waals surface area (Å²) in [6, 6.07) is 18.1. The number of benzene rings is 2. The van der Waals surface area contributed by atoms with Gasteiger partial charge in [0.15, 0.2) is 0 Å². The van der Waals surface area contributed by atoms with Crippen molar-refractivity contribution in [2.24, 2.45) is 0 Å². The second-order valence-corrected chi connectivity index (χ2v) is 7.36. The van der Waals surface area contributed by atoms with Gasteiger partial charge in [-0.25, -0.2) is 0 Å². The minimum absolute atomic E-state index is 0.142. The molecule has 1 aliphatic heterocycles. The van der Waals surface area contributed by atoms with Gasteiger partial charge in [-0.3, -0.25) is 9.69 Å². The third kappa shape index (κ3) is 4.42. The first-order valence-corrected chi connectivity index (χ1v) is 9.43. The van der Waals surface area contributed by atoms with Gasteiger partial charge < -0.3 is 15.0 Å². The Morgan fingerprint density at radius 3 is 2.33 bits per heavy atom. The maximum atomic E-state index is 13.0. The summed E-state index contributed by atoms with van der Waals surface area (Å²) >= 11 is 0. The van der Waals surface area contributed by atoms with Gasteiger partial charge in [0.2, 0.25) is 5.91 Å². The van der Waals surface area contributed by atoms with Gasteiger partial charge in [-0.2, -0.15) is 0 Å². The van der Waals surface area contributed by atoms with E-state index in [0.29, 0.717) is 0 Å². The topological polar surface area (TPSA) is 44.8 Å². The van der Waals surface area contributed by atoms with E-state index in [-0.39, 0.29) is 5.91 Å². The molecule has 0 atom stereocenters. The van der Waals surface area contributed by atoms with Crippen molar-refractivity contribution >= 4 is 11.6 Å². The van der Waals surface area contributed by atoms with E-state index in [1.54, 1.807) is 12.0 Å². The van der Waals surface area contributed by atoms with Gasteiger partial charge in [-0.1, -0.05) is 36.4 Å². The number of likely N-dealkylation sites (tertiary alicyclic amines) is 1. The molecule has 5 heteroatoms. The predicted molar refractivity (Wildman–Crippen MR) is 109 cm³/mol. The van der Waals surface area contributed by atoms with Gasteiger partial charge in [0.25, 0.3) is 0 Å². The number of nitrogens with zero attached hydrogens (tertiary/aromatic N) is 2. The lowest BCUT2D eigenvalue weighted by molar-refractivity contribution is -0.135. The van der Waals surface area contributed by atoms with Crippen molar-refractivity contribution in [3.63, 3.8) is 0 Å². The van der Waals surface area contributed by atoms with E-state index < -0.39 is 5.54 Å². The highest BCUT2D eigenvalue weighted by Crippen LogP contribution is 2.30. The number of amides is 1. The maximum Gasteiger partial charge on any atom is 0.247 e. The van der Waals surface area contributed by atoms with Crippen LogP contribution >= 0.6 is 0 Å². The van der Waals surface area contributed by atoms with E-state index in [1.165, 1.54) is 5.56 Å². The molecule has 1 N–H and O–H groups in total. The second kappa shape index (κ2) is 8.44. The second-order valence-electron chi connectivity index (χ2n) is 7.36. The van der Waals surface area contributed by atoms with E-state index in [0.717, 1.165) is 43.9 Å². The molecule has 1 aliphatic rings. The monoisotopic (exact) mass is 367 g/mol. The third-order valence-electron chi connectivity index (χ3n) is 5.27. The number of methoxy groups -OCH3 is 1. The Labute approximate surface area is 161 Å². The minimum Gasteiger partial charge on any atom is -0.496 e. The van der Waals surface area contributed by atoms with Gasteiger partial charge in [-0.05, 0) is 31.0 Å². The van der Waals surface area contributed by atoms with Crippen molar-refractivity contribution in [2.45, 2.75) is 24.9 Å². The van der Waals surface area contributed by atoms with E-state index in [9.17, 15) is 4.79 Å². The summed E-state index contributed by atoms with van der Waals surface area (Å²) in [5, 5.41) is 3.54. The average molecular weight is 367 g/mol. The predicted octanol–water partition coefficient (Wildman–Crippen LogP) is 3.23. The largest absolute Gasteiger partial charge is 0.496 e. The van der Waals surface area contributed by atoms with Crippen LogP contribution < -0.4 is 10.1 Å². The van der Waals surface area contributed by atoms with Crippen molar-refractivity contribution < 1.29 is 9.53 Å².